The minimum atomic E-state index is -0.757. The van der Waals surface area contributed by atoms with Crippen molar-refractivity contribution in [2.45, 2.75) is 18.6 Å². The summed E-state index contributed by atoms with van der Waals surface area (Å²) in [6.45, 7) is 1.78. The van der Waals surface area contributed by atoms with Gasteiger partial charge >= 0.3 is 5.97 Å². The third-order valence-corrected chi connectivity index (χ3v) is 6.78. The van der Waals surface area contributed by atoms with Gasteiger partial charge in [-0.3, -0.25) is 9.69 Å². The molecule has 1 fully saturated rings. The zero-order valence-corrected chi connectivity index (χ0v) is 19.6. The van der Waals surface area contributed by atoms with Gasteiger partial charge < -0.3 is 4.74 Å². The standard InChI is InChI=1S/C21H15BrCl2N2O3S/c1-2-29-21(28)15(11-25)20-26(14-6-4-13(22)5-7-14)19(27)18(30-20)10-12-3-8-16(23)17(24)9-12/h3-9,18H,2,10H2,1H3. The number of amides is 1. The van der Waals surface area contributed by atoms with Crippen LogP contribution in [0.25, 0.3) is 0 Å². The van der Waals surface area contributed by atoms with Gasteiger partial charge in [0.2, 0.25) is 5.91 Å². The molecule has 1 atom stereocenters. The number of ether oxygens (including phenoxy) is 1. The van der Waals surface area contributed by atoms with E-state index in [1.807, 2.05) is 6.07 Å². The van der Waals surface area contributed by atoms with Gasteiger partial charge in [0.15, 0.2) is 5.57 Å². The van der Waals surface area contributed by atoms with E-state index in [9.17, 15) is 14.9 Å². The van der Waals surface area contributed by atoms with Crippen LogP contribution in [-0.2, 0) is 20.7 Å². The molecule has 0 spiro atoms. The maximum Gasteiger partial charge on any atom is 0.351 e. The van der Waals surface area contributed by atoms with Crippen LogP contribution in [0.3, 0.4) is 0 Å². The van der Waals surface area contributed by atoms with Crippen LogP contribution in [0.15, 0.2) is 57.5 Å². The lowest BCUT2D eigenvalue weighted by Crippen LogP contribution is -2.30. The number of nitriles is 1. The number of anilines is 1. The Labute approximate surface area is 196 Å². The summed E-state index contributed by atoms with van der Waals surface area (Å²) in [6, 6.07) is 14.1. The zero-order chi connectivity index (χ0) is 21.8. The van der Waals surface area contributed by atoms with Crippen LogP contribution in [0, 0.1) is 11.3 Å². The molecular formula is C21H15BrCl2N2O3S. The Balaban J connectivity index is 2.03. The highest BCUT2D eigenvalue weighted by Crippen LogP contribution is 2.42. The van der Waals surface area contributed by atoms with E-state index in [1.54, 1.807) is 49.4 Å². The third-order valence-electron chi connectivity index (χ3n) is 4.25. The van der Waals surface area contributed by atoms with Gasteiger partial charge in [0.05, 0.1) is 21.9 Å². The maximum atomic E-state index is 13.3. The molecule has 1 aliphatic heterocycles. The van der Waals surface area contributed by atoms with Crippen molar-refractivity contribution in [1.82, 2.24) is 0 Å². The lowest BCUT2D eigenvalue weighted by atomic mass is 10.1. The average molecular weight is 526 g/mol. The number of carbonyl (C=O) groups excluding carboxylic acids is 2. The molecule has 0 aromatic heterocycles. The number of benzene rings is 2. The molecule has 9 heteroatoms. The SMILES string of the molecule is CCOC(=O)C(C#N)=C1SC(Cc2ccc(Cl)c(Cl)c2)C(=O)N1c1ccc(Br)cc1. The van der Waals surface area contributed by atoms with Crippen molar-refractivity contribution < 1.29 is 14.3 Å². The van der Waals surface area contributed by atoms with Crippen LogP contribution in [0.1, 0.15) is 12.5 Å². The molecule has 1 saturated heterocycles. The molecule has 1 aliphatic rings. The second kappa shape index (κ2) is 9.88. The maximum absolute atomic E-state index is 13.3. The molecule has 0 radical (unpaired) electrons. The Bertz CT molecular complexity index is 1070. The molecular weight excluding hydrogens is 511 g/mol. The first-order valence-electron chi connectivity index (χ1n) is 8.87. The Morgan fingerprint density at radius 1 is 1.23 bits per heavy atom. The molecule has 3 rings (SSSR count). The van der Waals surface area contributed by atoms with E-state index in [0.29, 0.717) is 22.2 Å². The highest BCUT2D eigenvalue weighted by atomic mass is 79.9. The van der Waals surface area contributed by atoms with Gasteiger partial charge in [-0.1, -0.05) is 57.0 Å². The van der Waals surface area contributed by atoms with E-state index >= 15 is 0 Å². The predicted molar refractivity (Wildman–Crippen MR) is 122 cm³/mol. The molecule has 30 heavy (non-hydrogen) atoms. The number of nitrogens with zero attached hydrogens (tertiary/aromatic N) is 2. The first-order valence-corrected chi connectivity index (χ1v) is 11.3. The monoisotopic (exact) mass is 524 g/mol. The number of esters is 1. The summed E-state index contributed by atoms with van der Waals surface area (Å²) in [4.78, 5) is 27.0. The first kappa shape index (κ1) is 22.7. The Morgan fingerprint density at radius 3 is 2.53 bits per heavy atom. The van der Waals surface area contributed by atoms with Gasteiger partial charge in [-0.05, 0) is 55.3 Å². The quantitative estimate of drug-likeness (QED) is 0.282. The van der Waals surface area contributed by atoms with Crippen molar-refractivity contribution >= 4 is 68.5 Å². The Kier molecular flexibility index (Phi) is 7.48. The molecule has 0 aliphatic carbocycles. The van der Waals surface area contributed by atoms with E-state index in [4.69, 9.17) is 27.9 Å². The second-order valence-corrected chi connectivity index (χ2v) is 9.14. The summed E-state index contributed by atoms with van der Waals surface area (Å²) in [7, 11) is 0. The zero-order valence-electron chi connectivity index (χ0n) is 15.7. The van der Waals surface area contributed by atoms with Gasteiger partial charge in [0.25, 0.3) is 0 Å². The number of thioether (sulfide) groups is 1. The molecule has 1 heterocycles. The molecule has 0 saturated carbocycles. The molecule has 1 unspecified atom stereocenters. The normalized spacial score (nSPS) is 17.6. The highest BCUT2D eigenvalue weighted by molar-refractivity contribution is 9.10. The van der Waals surface area contributed by atoms with Crippen LogP contribution in [0.2, 0.25) is 10.0 Å². The van der Waals surface area contributed by atoms with E-state index in [0.717, 1.165) is 21.8 Å². The summed E-state index contributed by atoms with van der Waals surface area (Å²) in [5.41, 5.74) is 1.18. The smallest absolute Gasteiger partial charge is 0.351 e. The average Bonchev–Trinajstić information content (AvgIpc) is 3.02. The third kappa shape index (κ3) is 4.84. The summed E-state index contributed by atoms with van der Waals surface area (Å²) in [5.74, 6) is -0.993. The van der Waals surface area contributed by atoms with Crippen LogP contribution >= 0.6 is 50.9 Å². The first-order chi connectivity index (χ1) is 14.3. The summed E-state index contributed by atoms with van der Waals surface area (Å²) in [5, 5.41) is 10.2. The molecule has 1 amide bonds. The summed E-state index contributed by atoms with van der Waals surface area (Å²) < 4.78 is 5.86. The molecule has 154 valence electrons. The lowest BCUT2D eigenvalue weighted by Gasteiger charge is -2.18. The fourth-order valence-corrected chi connectivity index (χ4v) is 4.77. The second-order valence-electron chi connectivity index (χ2n) is 6.22. The lowest BCUT2D eigenvalue weighted by molar-refractivity contribution is -0.138. The number of rotatable bonds is 5. The fourth-order valence-electron chi connectivity index (χ4n) is 2.88. The van der Waals surface area contributed by atoms with Crippen LogP contribution in [0.4, 0.5) is 5.69 Å². The largest absolute Gasteiger partial charge is 0.462 e. The van der Waals surface area contributed by atoms with Crippen molar-refractivity contribution in [3.8, 4) is 6.07 Å². The van der Waals surface area contributed by atoms with E-state index < -0.39 is 11.2 Å². The fraction of sp³-hybridized carbons (Fsp3) is 0.190. The highest BCUT2D eigenvalue weighted by Gasteiger charge is 2.41. The molecule has 0 N–H and O–H groups in total. The summed E-state index contributed by atoms with van der Waals surface area (Å²) >= 11 is 16.6. The summed E-state index contributed by atoms with van der Waals surface area (Å²) in [6.07, 6.45) is 0.360. The topological polar surface area (TPSA) is 70.4 Å². The Hall–Kier alpha value is -1.98. The van der Waals surface area contributed by atoms with E-state index in [2.05, 4.69) is 15.9 Å². The van der Waals surface area contributed by atoms with Gasteiger partial charge in [-0.2, -0.15) is 5.26 Å². The van der Waals surface area contributed by atoms with Crippen molar-refractivity contribution in [2.75, 3.05) is 11.5 Å². The molecule has 2 aromatic rings. The van der Waals surface area contributed by atoms with Crippen LogP contribution in [0.5, 0.6) is 0 Å². The van der Waals surface area contributed by atoms with Gasteiger partial charge in [-0.15, -0.1) is 0 Å². The predicted octanol–water partition coefficient (Wildman–Crippen LogP) is 5.75. The van der Waals surface area contributed by atoms with Gasteiger partial charge in [-0.25, -0.2) is 4.79 Å². The minimum Gasteiger partial charge on any atom is -0.462 e. The number of hydrogen-bond donors (Lipinski definition) is 0. The molecule has 2 aromatic carbocycles. The van der Waals surface area contributed by atoms with E-state index in [1.165, 1.54) is 4.90 Å². The number of hydrogen-bond acceptors (Lipinski definition) is 5. The number of carbonyl (C=O) groups is 2. The van der Waals surface area contributed by atoms with Crippen LogP contribution in [-0.4, -0.2) is 23.7 Å². The molecule has 0 bridgehead atoms. The van der Waals surface area contributed by atoms with E-state index in [-0.39, 0.29) is 23.1 Å². The van der Waals surface area contributed by atoms with Crippen molar-refractivity contribution in [3.05, 3.63) is 73.1 Å². The number of halogens is 3. The minimum absolute atomic E-state index is 0.126. The van der Waals surface area contributed by atoms with Crippen LogP contribution < -0.4 is 4.90 Å². The molecule has 5 nitrogen and oxygen atoms in total. The van der Waals surface area contributed by atoms with Crippen molar-refractivity contribution in [2.24, 2.45) is 0 Å². The van der Waals surface area contributed by atoms with Crippen molar-refractivity contribution in [3.63, 3.8) is 0 Å². The van der Waals surface area contributed by atoms with Gasteiger partial charge in [0.1, 0.15) is 11.1 Å². The Morgan fingerprint density at radius 2 is 1.93 bits per heavy atom. The van der Waals surface area contributed by atoms with Crippen molar-refractivity contribution in [1.29, 1.82) is 5.26 Å². The van der Waals surface area contributed by atoms with Gasteiger partial charge in [0, 0.05) is 10.2 Å².